The van der Waals surface area contributed by atoms with Crippen LogP contribution < -0.4 is 9.72 Å². The number of H-pyrrole nitrogens is 1. The van der Waals surface area contributed by atoms with E-state index in [1.165, 1.54) is 6.20 Å². The van der Waals surface area contributed by atoms with E-state index in [0.29, 0.717) is 10.9 Å². The highest BCUT2D eigenvalue weighted by atomic mass is 19.4. The van der Waals surface area contributed by atoms with E-state index in [1.54, 1.807) is 24.3 Å². The molecule has 1 N–H and O–H groups in total. The third kappa shape index (κ3) is 2.34. The van der Waals surface area contributed by atoms with Crippen LogP contribution in [-0.4, -0.2) is 11.3 Å². The Bertz CT molecular complexity index is 484. The van der Waals surface area contributed by atoms with Crippen LogP contribution in [-0.2, 0) is 0 Å². The second-order valence-corrected chi connectivity index (χ2v) is 2.81. The van der Waals surface area contributed by atoms with Crippen molar-refractivity contribution in [2.24, 2.45) is 0 Å². The zero-order valence-corrected chi connectivity index (χ0v) is 7.38. The summed E-state index contributed by atoms with van der Waals surface area (Å²) in [5, 5.41) is 0.715. The molecule has 0 saturated carbocycles. The van der Waals surface area contributed by atoms with Gasteiger partial charge in [-0.3, -0.25) is 0 Å². The van der Waals surface area contributed by atoms with E-state index in [-0.39, 0.29) is 0 Å². The lowest BCUT2D eigenvalue weighted by molar-refractivity contribution is -0.427. The van der Waals surface area contributed by atoms with E-state index in [2.05, 4.69) is 14.7 Å². The van der Waals surface area contributed by atoms with Crippen molar-refractivity contribution in [1.29, 1.82) is 0 Å². The van der Waals surface area contributed by atoms with Crippen molar-refractivity contribution >= 4 is 10.9 Å². The maximum absolute atomic E-state index is 11.9. The number of rotatable bonds is 1. The lowest BCUT2D eigenvalue weighted by Crippen LogP contribution is -2.23. The number of aromatic nitrogens is 2. The Balaban J connectivity index is 2.39. The Morgan fingerprint density at radius 2 is 1.93 bits per heavy atom. The van der Waals surface area contributed by atoms with Crippen molar-refractivity contribution in [2.45, 2.75) is 6.36 Å². The van der Waals surface area contributed by atoms with Gasteiger partial charge in [0.15, 0.2) is 5.52 Å². The fourth-order valence-corrected chi connectivity index (χ4v) is 1.15. The van der Waals surface area contributed by atoms with Gasteiger partial charge < -0.3 is 4.74 Å². The summed E-state index contributed by atoms with van der Waals surface area (Å²) in [5.41, 5.74) is 0.440. The van der Waals surface area contributed by atoms with Crippen LogP contribution in [0.25, 0.3) is 10.9 Å². The van der Waals surface area contributed by atoms with Gasteiger partial charge in [0.05, 0.1) is 5.39 Å². The smallest absolute Gasteiger partial charge is 0.334 e. The van der Waals surface area contributed by atoms with Gasteiger partial charge in [0.1, 0.15) is 6.20 Å². The van der Waals surface area contributed by atoms with Gasteiger partial charge in [-0.2, -0.15) is 0 Å². The molecule has 0 fully saturated rings. The zero-order valence-electron chi connectivity index (χ0n) is 7.38. The summed E-state index contributed by atoms with van der Waals surface area (Å²) in [4.78, 5) is 5.98. The van der Waals surface area contributed by atoms with E-state index >= 15 is 0 Å². The molecule has 0 amide bonds. The summed E-state index contributed by atoms with van der Waals surface area (Å²) >= 11 is 0. The molecule has 0 aliphatic carbocycles. The first-order chi connectivity index (χ1) is 7.04. The molecule has 6 heteroatoms. The minimum absolute atomic E-state index is 0.440. The van der Waals surface area contributed by atoms with E-state index in [1.807, 2.05) is 0 Å². The molecule has 2 rings (SSSR count). The van der Waals surface area contributed by atoms with Crippen LogP contribution in [0.3, 0.4) is 0 Å². The van der Waals surface area contributed by atoms with Crippen molar-refractivity contribution in [3.8, 4) is 6.01 Å². The zero-order chi connectivity index (χ0) is 10.9. The van der Waals surface area contributed by atoms with Gasteiger partial charge in [-0.25, -0.2) is 4.98 Å². The molecule has 1 aromatic carbocycles. The van der Waals surface area contributed by atoms with E-state index in [4.69, 9.17) is 0 Å². The molecular weight excluding hydrogens is 209 g/mol. The average molecular weight is 215 g/mol. The number of hydrogen-bond donors (Lipinski definition) is 0. The first-order valence-corrected chi connectivity index (χ1v) is 4.08. The topological polar surface area (TPSA) is 36.3 Å². The standard InChI is InChI=1S/C9H5F3N2O/c10-9(11,12)15-8-13-5-6-3-1-2-4-7(6)14-8/h1-5H/p+1. The molecule has 0 bridgehead atoms. The van der Waals surface area contributed by atoms with Crippen molar-refractivity contribution in [3.05, 3.63) is 30.5 Å². The van der Waals surface area contributed by atoms with Gasteiger partial charge in [0.25, 0.3) is 0 Å². The number of hydrogen-bond acceptors (Lipinski definition) is 2. The highest BCUT2D eigenvalue weighted by Crippen LogP contribution is 2.18. The molecule has 0 atom stereocenters. The number of nitrogens with one attached hydrogen (secondary N) is 1. The maximum Gasteiger partial charge on any atom is 0.578 e. The minimum Gasteiger partial charge on any atom is -0.334 e. The van der Waals surface area contributed by atoms with Crippen LogP contribution in [0.15, 0.2) is 30.5 Å². The molecule has 0 radical (unpaired) electrons. The molecule has 0 spiro atoms. The van der Waals surface area contributed by atoms with Gasteiger partial charge in [-0.1, -0.05) is 12.1 Å². The molecule has 15 heavy (non-hydrogen) atoms. The number of aromatic amines is 1. The SMILES string of the molecule is FC(F)(F)Oc1nc2ccccc2c[nH+]1. The predicted octanol–water partition coefficient (Wildman–Crippen LogP) is 1.95. The monoisotopic (exact) mass is 215 g/mol. The van der Waals surface area contributed by atoms with E-state index < -0.39 is 12.4 Å². The summed E-state index contributed by atoms with van der Waals surface area (Å²) in [6.45, 7) is 0. The van der Waals surface area contributed by atoms with Crippen LogP contribution in [0.5, 0.6) is 6.01 Å². The molecular formula is C9H6F3N2O+. The summed E-state index contributed by atoms with van der Waals surface area (Å²) in [6.07, 6.45) is -3.32. The molecule has 0 aliphatic heterocycles. The maximum atomic E-state index is 11.9. The van der Waals surface area contributed by atoms with Gasteiger partial charge in [0, 0.05) is 0 Å². The number of nitrogens with zero attached hydrogens (tertiary/aromatic N) is 1. The fourth-order valence-electron chi connectivity index (χ4n) is 1.15. The first kappa shape index (κ1) is 9.70. The van der Waals surface area contributed by atoms with Gasteiger partial charge in [-0.15, -0.1) is 13.2 Å². The predicted molar refractivity (Wildman–Crippen MR) is 45.0 cm³/mol. The quantitative estimate of drug-likeness (QED) is 0.728. The molecule has 2 aromatic rings. The summed E-state index contributed by atoms with van der Waals surface area (Å²) < 4.78 is 39.2. The van der Waals surface area contributed by atoms with E-state index in [9.17, 15) is 13.2 Å². The number of benzene rings is 1. The molecule has 78 valence electrons. The third-order valence-corrected chi connectivity index (χ3v) is 1.72. The Morgan fingerprint density at radius 1 is 1.20 bits per heavy atom. The Hall–Kier alpha value is -1.85. The lowest BCUT2D eigenvalue weighted by atomic mass is 10.2. The largest absolute Gasteiger partial charge is 0.578 e. The van der Waals surface area contributed by atoms with Crippen LogP contribution in [0.2, 0.25) is 0 Å². The average Bonchev–Trinajstić information content (AvgIpc) is 2.15. The van der Waals surface area contributed by atoms with Crippen molar-refractivity contribution in [1.82, 2.24) is 4.98 Å². The molecule has 1 heterocycles. The van der Waals surface area contributed by atoms with Crippen LogP contribution in [0.4, 0.5) is 13.2 Å². The first-order valence-electron chi connectivity index (χ1n) is 4.08. The van der Waals surface area contributed by atoms with Crippen molar-refractivity contribution in [3.63, 3.8) is 0 Å². The van der Waals surface area contributed by atoms with Crippen LogP contribution >= 0.6 is 0 Å². The lowest BCUT2D eigenvalue weighted by Gasteiger charge is -2.01. The van der Waals surface area contributed by atoms with Gasteiger partial charge in [-0.05, 0) is 17.1 Å². The van der Waals surface area contributed by atoms with Gasteiger partial charge >= 0.3 is 12.4 Å². The molecule has 0 unspecified atom stereocenters. The Morgan fingerprint density at radius 3 is 2.67 bits per heavy atom. The molecule has 1 aromatic heterocycles. The Kier molecular flexibility index (Phi) is 2.18. The molecule has 0 aliphatic rings. The minimum atomic E-state index is -4.73. The van der Waals surface area contributed by atoms with Crippen molar-refractivity contribution in [2.75, 3.05) is 0 Å². The highest BCUT2D eigenvalue weighted by Gasteiger charge is 2.35. The second kappa shape index (κ2) is 3.38. The summed E-state index contributed by atoms with van der Waals surface area (Å²) in [5.74, 6) is 0. The second-order valence-electron chi connectivity index (χ2n) is 2.81. The van der Waals surface area contributed by atoms with Crippen LogP contribution in [0.1, 0.15) is 0 Å². The number of alkyl halides is 3. The molecule has 3 nitrogen and oxygen atoms in total. The molecule has 0 saturated heterocycles. The number of halogens is 3. The number of fused-ring (bicyclic) bond motifs is 1. The normalized spacial score (nSPS) is 11.7. The van der Waals surface area contributed by atoms with E-state index in [0.717, 1.165) is 0 Å². The number of para-hydroxylation sites is 1. The summed E-state index contributed by atoms with van der Waals surface area (Å²) in [6, 6.07) is 6.22. The third-order valence-electron chi connectivity index (χ3n) is 1.72. The fraction of sp³-hybridized carbons (Fsp3) is 0.111. The van der Waals surface area contributed by atoms with Gasteiger partial charge in [0.2, 0.25) is 0 Å². The van der Waals surface area contributed by atoms with Crippen molar-refractivity contribution < 1.29 is 22.9 Å². The highest BCUT2D eigenvalue weighted by molar-refractivity contribution is 5.76. The Labute approximate surface area is 82.5 Å². The van der Waals surface area contributed by atoms with Crippen LogP contribution in [0, 0.1) is 0 Å². The summed E-state index contributed by atoms with van der Waals surface area (Å²) in [7, 11) is 0. The number of ether oxygens (including phenoxy) is 1.